The molecule has 3 nitrogen and oxygen atoms in total. The van der Waals surface area contributed by atoms with Crippen molar-refractivity contribution in [3.8, 4) is 0 Å². The van der Waals surface area contributed by atoms with Gasteiger partial charge in [0.2, 0.25) is 5.91 Å². The fraction of sp³-hybridized carbons (Fsp3) is 0.471. The van der Waals surface area contributed by atoms with Crippen molar-refractivity contribution in [2.24, 2.45) is 17.1 Å². The van der Waals surface area contributed by atoms with E-state index in [2.05, 4.69) is 23.5 Å². The van der Waals surface area contributed by atoms with Crippen molar-refractivity contribution in [3.63, 3.8) is 0 Å². The third kappa shape index (κ3) is 2.11. The zero-order valence-corrected chi connectivity index (χ0v) is 12.0. The maximum absolute atomic E-state index is 11.9. The van der Waals surface area contributed by atoms with Gasteiger partial charge >= 0.3 is 0 Å². The average molecular weight is 270 g/mol. The van der Waals surface area contributed by atoms with Gasteiger partial charge in [-0.3, -0.25) is 4.79 Å². The number of para-hydroxylation sites is 1. The van der Waals surface area contributed by atoms with Crippen LogP contribution in [0.1, 0.15) is 38.2 Å². The average Bonchev–Trinajstić information content (AvgIpc) is 2.47. The fourth-order valence-corrected chi connectivity index (χ4v) is 3.68. The zero-order valence-electron chi connectivity index (χ0n) is 12.0. The highest BCUT2D eigenvalue weighted by atomic mass is 16.1. The van der Waals surface area contributed by atoms with Crippen LogP contribution in [-0.4, -0.2) is 12.5 Å². The van der Waals surface area contributed by atoms with Crippen LogP contribution in [-0.2, 0) is 4.79 Å². The van der Waals surface area contributed by atoms with Crippen LogP contribution in [0.5, 0.6) is 0 Å². The first kappa shape index (κ1) is 13.2. The van der Waals surface area contributed by atoms with Crippen LogP contribution < -0.4 is 11.1 Å². The maximum Gasteiger partial charge on any atom is 0.223 e. The minimum absolute atomic E-state index is 0.151. The van der Waals surface area contributed by atoms with Crippen LogP contribution in [0.2, 0.25) is 0 Å². The number of benzene rings is 1. The highest BCUT2D eigenvalue weighted by Gasteiger charge is 2.43. The second-order valence-electron chi connectivity index (χ2n) is 6.24. The summed E-state index contributed by atoms with van der Waals surface area (Å²) in [7, 11) is 0. The molecule has 3 N–H and O–H groups in total. The largest absolute Gasteiger partial charge is 0.381 e. The normalized spacial score (nSPS) is 29.1. The van der Waals surface area contributed by atoms with Gasteiger partial charge in [0.15, 0.2) is 0 Å². The molecule has 0 spiro atoms. The molecule has 2 aliphatic rings. The van der Waals surface area contributed by atoms with E-state index in [1.165, 1.54) is 23.2 Å². The van der Waals surface area contributed by atoms with E-state index < -0.39 is 5.41 Å². The van der Waals surface area contributed by atoms with Gasteiger partial charge < -0.3 is 11.1 Å². The number of hydrogen-bond donors (Lipinski definition) is 2. The minimum atomic E-state index is -0.391. The van der Waals surface area contributed by atoms with Crippen LogP contribution in [0, 0.1) is 11.3 Å². The Bertz CT molecular complexity index is 564. The number of primary amides is 1. The Hall–Kier alpha value is -1.77. The molecule has 1 aromatic rings. The standard InChI is InChI=1S/C17H22N2O/c1-17(16(18)20)9-5-4-7-14(17)13-10-12-6-2-3-8-15(12)19-11-13/h2-3,6,8,10,14,19H,4-5,7,9,11H2,1H3,(H2,18,20). The molecule has 1 amide bonds. The van der Waals surface area contributed by atoms with Crippen molar-refractivity contribution in [2.45, 2.75) is 32.6 Å². The number of carbonyl (C=O) groups excluding carboxylic acids is 1. The molecular formula is C17H22N2O. The fourth-order valence-electron chi connectivity index (χ4n) is 3.68. The van der Waals surface area contributed by atoms with Gasteiger partial charge in [-0.05, 0) is 36.0 Å². The number of rotatable bonds is 2. The molecule has 0 radical (unpaired) electrons. The summed E-state index contributed by atoms with van der Waals surface area (Å²) in [6.45, 7) is 2.87. The number of nitrogens with one attached hydrogen (secondary N) is 1. The Morgan fingerprint density at radius 3 is 2.95 bits per heavy atom. The second kappa shape index (κ2) is 4.97. The molecule has 1 aliphatic heterocycles. The Kier molecular flexibility index (Phi) is 3.28. The molecule has 0 bridgehead atoms. The van der Waals surface area contributed by atoms with Gasteiger partial charge in [-0.15, -0.1) is 0 Å². The number of amides is 1. The molecule has 0 saturated heterocycles. The van der Waals surface area contributed by atoms with Gasteiger partial charge in [-0.25, -0.2) is 0 Å². The van der Waals surface area contributed by atoms with Gasteiger partial charge in [-0.2, -0.15) is 0 Å². The molecular weight excluding hydrogens is 248 g/mol. The summed E-state index contributed by atoms with van der Waals surface area (Å²) in [4.78, 5) is 11.9. The molecule has 3 rings (SSSR count). The van der Waals surface area contributed by atoms with Crippen molar-refractivity contribution in [1.29, 1.82) is 0 Å². The van der Waals surface area contributed by atoms with E-state index in [1.807, 2.05) is 19.1 Å². The van der Waals surface area contributed by atoms with Crippen molar-refractivity contribution >= 4 is 17.7 Å². The van der Waals surface area contributed by atoms with Crippen LogP contribution in [0.15, 0.2) is 29.8 Å². The van der Waals surface area contributed by atoms with Crippen LogP contribution in [0.25, 0.3) is 6.08 Å². The van der Waals surface area contributed by atoms with E-state index in [4.69, 9.17) is 5.73 Å². The van der Waals surface area contributed by atoms with Gasteiger partial charge in [0, 0.05) is 12.2 Å². The third-order valence-electron chi connectivity index (χ3n) is 5.00. The van der Waals surface area contributed by atoms with E-state index in [-0.39, 0.29) is 11.8 Å². The van der Waals surface area contributed by atoms with Crippen molar-refractivity contribution in [1.82, 2.24) is 0 Å². The monoisotopic (exact) mass is 270 g/mol. The van der Waals surface area contributed by atoms with Gasteiger partial charge in [0.1, 0.15) is 0 Å². The Morgan fingerprint density at radius 2 is 2.15 bits per heavy atom. The number of hydrogen-bond acceptors (Lipinski definition) is 2. The SMILES string of the molecule is CC1(C(N)=O)CCCCC1C1=Cc2ccccc2NC1. The molecule has 1 fully saturated rings. The summed E-state index contributed by atoms with van der Waals surface area (Å²) in [5.74, 6) is 0.122. The predicted octanol–water partition coefficient (Wildman–Crippen LogP) is 3.18. The smallest absolute Gasteiger partial charge is 0.223 e. The number of nitrogens with two attached hydrogens (primary N) is 1. The number of fused-ring (bicyclic) bond motifs is 1. The second-order valence-corrected chi connectivity index (χ2v) is 6.24. The molecule has 3 heteroatoms. The molecule has 1 saturated carbocycles. The lowest BCUT2D eigenvalue weighted by molar-refractivity contribution is -0.130. The minimum Gasteiger partial charge on any atom is -0.381 e. The third-order valence-corrected chi connectivity index (χ3v) is 5.00. The number of carbonyl (C=O) groups is 1. The molecule has 20 heavy (non-hydrogen) atoms. The van der Waals surface area contributed by atoms with Crippen LogP contribution in [0.3, 0.4) is 0 Å². The van der Waals surface area contributed by atoms with Crippen molar-refractivity contribution in [3.05, 3.63) is 35.4 Å². The maximum atomic E-state index is 11.9. The van der Waals surface area contributed by atoms with E-state index in [0.29, 0.717) is 0 Å². The van der Waals surface area contributed by atoms with Gasteiger partial charge in [-0.1, -0.05) is 44.0 Å². The highest BCUT2D eigenvalue weighted by Crippen LogP contribution is 2.46. The summed E-state index contributed by atoms with van der Waals surface area (Å²) < 4.78 is 0. The lowest BCUT2D eigenvalue weighted by Crippen LogP contribution is -2.44. The topological polar surface area (TPSA) is 55.1 Å². The zero-order chi connectivity index (χ0) is 14.2. The summed E-state index contributed by atoms with van der Waals surface area (Å²) in [6, 6.07) is 8.30. The summed E-state index contributed by atoms with van der Waals surface area (Å²) in [5, 5.41) is 3.47. The van der Waals surface area contributed by atoms with E-state index in [1.54, 1.807) is 0 Å². The summed E-state index contributed by atoms with van der Waals surface area (Å²) >= 11 is 0. The molecule has 1 aliphatic carbocycles. The Balaban J connectivity index is 1.96. The molecule has 0 aromatic heterocycles. The van der Waals surface area contributed by atoms with E-state index >= 15 is 0 Å². The first-order valence-corrected chi connectivity index (χ1v) is 7.44. The first-order chi connectivity index (χ1) is 9.61. The van der Waals surface area contributed by atoms with E-state index in [0.717, 1.165) is 25.8 Å². The number of anilines is 1. The van der Waals surface area contributed by atoms with Gasteiger partial charge in [0.05, 0.1) is 5.41 Å². The summed E-state index contributed by atoms with van der Waals surface area (Å²) in [6.07, 6.45) is 6.52. The molecule has 2 unspecified atom stereocenters. The highest BCUT2D eigenvalue weighted by molar-refractivity contribution is 5.82. The lowest BCUT2D eigenvalue weighted by Gasteiger charge is -2.41. The molecule has 1 aromatic carbocycles. The van der Waals surface area contributed by atoms with Crippen molar-refractivity contribution in [2.75, 3.05) is 11.9 Å². The molecule has 2 atom stereocenters. The molecule has 106 valence electrons. The van der Waals surface area contributed by atoms with Crippen molar-refractivity contribution < 1.29 is 4.79 Å². The van der Waals surface area contributed by atoms with Gasteiger partial charge in [0.25, 0.3) is 0 Å². The van der Waals surface area contributed by atoms with Crippen LogP contribution in [0.4, 0.5) is 5.69 Å². The predicted molar refractivity (Wildman–Crippen MR) is 82.2 cm³/mol. The Labute approximate surface area is 120 Å². The first-order valence-electron chi connectivity index (χ1n) is 7.44. The van der Waals surface area contributed by atoms with Crippen LogP contribution >= 0.6 is 0 Å². The molecule has 1 heterocycles. The van der Waals surface area contributed by atoms with E-state index in [9.17, 15) is 4.79 Å². The lowest BCUT2D eigenvalue weighted by atomic mass is 9.63. The quantitative estimate of drug-likeness (QED) is 0.867. The Morgan fingerprint density at radius 1 is 1.35 bits per heavy atom. The summed E-state index contributed by atoms with van der Waals surface area (Å²) in [5.41, 5.74) is 9.03.